The van der Waals surface area contributed by atoms with E-state index in [4.69, 9.17) is 10.8 Å². The lowest BCUT2D eigenvalue weighted by Crippen LogP contribution is -2.40. The van der Waals surface area contributed by atoms with E-state index in [1.165, 1.54) is 51.7 Å². The number of nitrogens with two attached hydrogens (primary N) is 1. The van der Waals surface area contributed by atoms with Gasteiger partial charge in [-0.1, -0.05) is 12.8 Å². The highest BCUT2D eigenvalue weighted by Gasteiger charge is 2.28. The van der Waals surface area contributed by atoms with Gasteiger partial charge in [0.1, 0.15) is 0 Å². The van der Waals surface area contributed by atoms with E-state index in [-0.39, 0.29) is 0 Å². The van der Waals surface area contributed by atoms with Crippen LogP contribution in [0, 0.1) is 11.8 Å². The maximum absolute atomic E-state index is 8.94. The van der Waals surface area contributed by atoms with Crippen LogP contribution in [0.5, 0.6) is 0 Å². The summed E-state index contributed by atoms with van der Waals surface area (Å²) in [5.74, 6) is 1.45. The molecule has 1 heterocycles. The largest absolute Gasteiger partial charge is 0.396 e. The van der Waals surface area contributed by atoms with Gasteiger partial charge in [-0.25, -0.2) is 0 Å². The van der Waals surface area contributed by atoms with Crippen molar-refractivity contribution >= 4 is 0 Å². The lowest BCUT2D eigenvalue weighted by molar-refractivity contribution is 0.200. The highest BCUT2D eigenvalue weighted by Crippen LogP contribution is 2.26. The Balaban J connectivity index is 1.73. The van der Waals surface area contributed by atoms with Crippen LogP contribution in [-0.4, -0.2) is 42.3 Å². The Morgan fingerprint density at radius 2 is 2.00 bits per heavy atom. The molecule has 0 bridgehead atoms. The van der Waals surface area contributed by atoms with Gasteiger partial charge in [-0.05, 0) is 44.1 Å². The summed E-state index contributed by atoms with van der Waals surface area (Å²) in [5, 5.41) is 8.94. The predicted molar refractivity (Wildman–Crippen MR) is 66.2 cm³/mol. The second-order valence-electron chi connectivity index (χ2n) is 5.63. The fourth-order valence-corrected chi connectivity index (χ4v) is 3.29. The lowest BCUT2D eigenvalue weighted by atomic mass is 9.85. The minimum absolute atomic E-state index is 0.349. The highest BCUT2D eigenvalue weighted by molar-refractivity contribution is 4.83. The van der Waals surface area contributed by atoms with Crippen molar-refractivity contribution in [2.45, 2.75) is 44.6 Å². The Kier molecular flexibility index (Phi) is 4.62. The predicted octanol–water partition coefficient (Wildman–Crippen LogP) is 1.21. The fourth-order valence-electron chi connectivity index (χ4n) is 3.29. The summed E-state index contributed by atoms with van der Waals surface area (Å²) in [4.78, 5) is 2.57. The molecule has 0 aromatic carbocycles. The third-order valence-corrected chi connectivity index (χ3v) is 4.37. The van der Waals surface area contributed by atoms with Crippen molar-refractivity contribution in [3.63, 3.8) is 0 Å². The van der Waals surface area contributed by atoms with Gasteiger partial charge in [0.05, 0.1) is 0 Å². The molecule has 3 N–H and O–H groups in total. The molecule has 3 atom stereocenters. The molecule has 1 saturated heterocycles. The SMILES string of the molecule is NC1CCCCC1CN1CCC(CCO)C1. The standard InChI is InChI=1S/C13H26N2O/c14-13-4-2-1-3-12(13)10-15-7-5-11(9-15)6-8-16/h11-13,16H,1-10,14H2. The zero-order valence-electron chi connectivity index (χ0n) is 10.3. The molecule has 1 aliphatic carbocycles. The molecule has 0 radical (unpaired) electrons. The molecular formula is C13H26N2O. The number of aliphatic hydroxyl groups excluding tert-OH is 1. The van der Waals surface area contributed by atoms with E-state index in [1.807, 2.05) is 0 Å². The number of nitrogens with zero attached hydrogens (tertiary/aromatic N) is 1. The maximum Gasteiger partial charge on any atom is 0.0434 e. The van der Waals surface area contributed by atoms with Crippen LogP contribution in [0.25, 0.3) is 0 Å². The smallest absolute Gasteiger partial charge is 0.0434 e. The molecule has 2 aliphatic rings. The van der Waals surface area contributed by atoms with Crippen molar-refractivity contribution in [3.8, 4) is 0 Å². The van der Waals surface area contributed by atoms with Crippen LogP contribution in [0.1, 0.15) is 38.5 Å². The average molecular weight is 226 g/mol. The molecule has 2 fully saturated rings. The zero-order chi connectivity index (χ0) is 11.4. The maximum atomic E-state index is 8.94. The third-order valence-electron chi connectivity index (χ3n) is 4.37. The monoisotopic (exact) mass is 226 g/mol. The van der Waals surface area contributed by atoms with Gasteiger partial charge in [0.15, 0.2) is 0 Å². The van der Waals surface area contributed by atoms with Crippen molar-refractivity contribution < 1.29 is 5.11 Å². The lowest BCUT2D eigenvalue weighted by Gasteiger charge is -2.32. The van der Waals surface area contributed by atoms with E-state index in [2.05, 4.69) is 4.90 Å². The van der Waals surface area contributed by atoms with E-state index in [0.717, 1.165) is 18.3 Å². The van der Waals surface area contributed by atoms with E-state index in [9.17, 15) is 0 Å². The Hall–Kier alpha value is -0.120. The first-order valence-electron chi connectivity index (χ1n) is 6.88. The average Bonchev–Trinajstić information content (AvgIpc) is 2.70. The second kappa shape index (κ2) is 5.99. The van der Waals surface area contributed by atoms with Crippen LogP contribution < -0.4 is 5.73 Å². The van der Waals surface area contributed by atoms with E-state index in [1.54, 1.807) is 0 Å². The third kappa shape index (κ3) is 3.19. The molecule has 3 nitrogen and oxygen atoms in total. The minimum atomic E-state index is 0.349. The summed E-state index contributed by atoms with van der Waals surface area (Å²) in [5.41, 5.74) is 6.18. The van der Waals surface area contributed by atoms with Gasteiger partial charge in [0.25, 0.3) is 0 Å². The van der Waals surface area contributed by atoms with Crippen LogP contribution in [0.4, 0.5) is 0 Å². The van der Waals surface area contributed by atoms with Gasteiger partial charge in [-0.15, -0.1) is 0 Å². The first-order valence-corrected chi connectivity index (χ1v) is 6.88. The number of hydrogen-bond donors (Lipinski definition) is 2. The molecule has 0 aromatic rings. The van der Waals surface area contributed by atoms with E-state index < -0.39 is 0 Å². The summed E-state index contributed by atoms with van der Waals surface area (Å²) in [6.07, 6.45) is 7.48. The minimum Gasteiger partial charge on any atom is -0.396 e. The van der Waals surface area contributed by atoms with Gasteiger partial charge in [0, 0.05) is 25.7 Å². The number of aliphatic hydroxyl groups is 1. The molecule has 0 amide bonds. The Morgan fingerprint density at radius 3 is 2.75 bits per heavy atom. The quantitative estimate of drug-likeness (QED) is 0.757. The number of likely N-dealkylation sites (tertiary alicyclic amines) is 1. The van der Waals surface area contributed by atoms with Crippen molar-refractivity contribution in [2.24, 2.45) is 17.6 Å². The molecular weight excluding hydrogens is 200 g/mol. The molecule has 1 saturated carbocycles. The Labute approximate surface area is 99.0 Å². The summed E-state index contributed by atoms with van der Waals surface area (Å²) >= 11 is 0. The Bertz CT molecular complexity index is 210. The van der Waals surface area contributed by atoms with Gasteiger partial charge < -0.3 is 15.7 Å². The second-order valence-corrected chi connectivity index (χ2v) is 5.63. The summed E-state index contributed by atoms with van der Waals surface area (Å²) in [6.45, 7) is 3.95. The fraction of sp³-hybridized carbons (Fsp3) is 1.00. The van der Waals surface area contributed by atoms with Gasteiger partial charge in [-0.2, -0.15) is 0 Å². The van der Waals surface area contributed by atoms with Crippen LogP contribution in [0.3, 0.4) is 0 Å². The van der Waals surface area contributed by atoms with Crippen LogP contribution >= 0.6 is 0 Å². The summed E-state index contributed by atoms with van der Waals surface area (Å²) < 4.78 is 0. The molecule has 3 heteroatoms. The first-order chi connectivity index (χ1) is 7.79. The molecule has 0 spiro atoms. The van der Waals surface area contributed by atoms with E-state index in [0.29, 0.717) is 12.6 Å². The van der Waals surface area contributed by atoms with Gasteiger partial charge in [0.2, 0.25) is 0 Å². The van der Waals surface area contributed by atoms with Crippen molar-refractivity contribution in [2.75, 3.05) is 26.2 Å². The molecule has 1 aliphatic heterocycles. The van der Waals surface area contributed by atoms with Crippen LogP contribution in [0.2, 0.25) is 0 Å². The summed E-state index contributed by atoms with van der Waals surface area (Å²) in [6, 6.07) is 0.436. The topological polar surface area (TPSA) is 49.5 Å². The molecule has 94 valence electrons. The normalized spacial score (nSPS) is 36.8. The van der Waals surface area contributed by atoms with Gasteiger partial charge in [-0.3, -0.25) is 0 Å². The highest BCUT2D eigenvalue weighted by atomic mass is 16.3. The molecule has 3 unspecified atom stereocenters. The van der Waals surface area contributed by atoms with E-state index >= 15 is 0 Å². The summed E-state index contributed by atoms with van der Waals surface area (Å²) in [7, 11) is 0. The van der Waals surface area contributed by atoms with Crippen LogP contribution in [-0.2, 0) is 0 Å². The molecule has 0 aromatic heterocycles. The number of hydrogen-bond acceptors (Lipinski definition) is 3. The van der Waals surface area contributed by atoms with Crippen molar-refractivity contribution in [3.05, 3.63) is 0 Å². The zero-order valence-corrected chi connectivity index (χ0v) is 10.3. The molecule has 2 rings (SSSR count). The first kappa shape index (κ1) is 12.3. The van der Waals surface area contributed by atoms with Crippen LogP contribution in [0.15, 0.2) is 0 Å². The number of rotatable bonds is 4. The Morgan fingerprint density at radius 1 is 1.19 bits per heavy atom. The van der Waals surface area contributed by atoms with Crippen molar-refractivity contribution in [1.82, 2.24) is 4.90 Å². The van der Waals surface area contributed by atoms with Gasteiger partial charge >= 0.3 is 0 Å². The van der Waals surface area contributed by atoms with Crippen molar-refractivity contribution in [1.29, 1.82) is 0 Å². The molecule has 16 heavy (non-hydrogen) atoms.